The van der Waals surface area contributed by atoms with E-state index in [0.717, 1.165) is 17.7 Å². The highest BCUT2D eigenvalue weighted by Gasteiger charge is 2.32. The molecule has 1 aliphatic rings. The number of halogens is 1. The van der Waals surface area contributed by atoms with E-state index in [9.17, 15) is 18.8 Å². The van der Waals surface area contributed by atoms with Crippen molar-refractivity contribution >= 4 is 39.8 Å². The molecule has 0 bridgehead atoms. The maximum absolute atomic E-state index is 13.0. The Labute approximate surface area is 166 Å². The number of nitrogens with one attached hydrogen (secondary N) is 2. The SMILES string of the molecule is Cc1sc(NC(=O)C2CC2)c(C(=O)O[C@@H](C)C(=O)Nc2ccc(F)cc2)c1C. The summed E-state index contributed by atoms with van der Waals surface area (Å²) in [5.74, 6) is -1.71. The first-order valence-corrected chi connectivity index (χ1v) is 9.76. The van der Waals surface area contributed by atoms with Gasteiger partial charge in [-0.15, -0.1) is 11.3 Å². The van der Waals surface area contributed by atoms with E-state index in [4.69, 9.17) is 4.74 Å². The minimum atomic E-state index is -1.07. The number of anilines is 2. The minimum absolute atomic E-state index is 0.00648. The molecule has 0 aliphatic heterocycles. The van der Waals surface area contributed by atoms with E-state index in [2.05, 4.69) is 10.6 Å². The van der Waals surface area contributed by atoms with Gasteiger partial charge in [0.1, 0.15) is 10.8 Å². The van der Waals surface area contributed by atoms with Gasteiger partial charge in [-0.25, -0.2) is 9.18 Å². The van der Waals surface area contributed by atoms with Crippen molar-refractivity contribution in [2.45, 2.75) is 39.7 Å². The number of aryl methyl sites for hydroxylation is 1. The van der Waals surface area contributed by atoms with Crippen molar-refractivity contribution in [2.24, 2.45) is 5.92 Å². The molecular weight excluding hydrogens is 383 g/mol. The standard InChI is InChI=1S/C20H21FN2O4S/c1-10-12(3)28-19(23-18(25)13-4-5-13)16(10)20(26)27-11(2)17(24)22-15-8-6-14(21)7-9-15/h6-9,11,13H,4-5H2,1-3H3,(H,22,24)(H,23,25)/t11-/m0/s1. The van der Waals surface area contributed by atoms with Crippen LogP contribution in [0.3, 0.4) is 0 Å². The van der Waals surface area contributed by atoms with Gasteiger partial charge in [0.15, 0.2) is 6.10 Å². The molecule has 28 heavy (non-hydrogen) atoms. The summed E-state index contributed by atoms with van der Waals surface area (Å²) in [7, 11) is 0. The van der Waals surface area contributed by atoms with Crippen molar-refractivity contribution in [1.82, 2.24) is 0 Å². The zero-order chi connectivity index (χ0) is 20.4. The van der Waals surface area contributed by atoms with Crippen molar-refractivity contribution in [3.05, 3.63) is 46.1 Å². The third-order valence-electron chi connectivity index (χ3n) is 4.54. The molecule has 3 rings (SSSR count). The number of benzene rings is 1. The monoisotopic (exact) mass is 404 g/mol. The first-order valence-electron chi connectivity index (χ1n) is 8.94. The Balaban J connectivity index is 1.68. The predicted molar refractivity (Wildman–Crippen MR) is 105 cm³/mol. The van der Waals surface area contributed by atoms with E-state index in [1.807, 2.05) is 6.92 Å². The summed E-state index contributed by atoms with van der Waals surface area (Å²) < 4.78 is 18.3. The van der Waals surface area contributed by atoms with Crippen LogP contribution in [0.2, 0.25) is 0 Å². The second-order valence-corrected chi connectivity index (χ2v) is 8.02. The van der Waals surface area contributed by atoms with E-state index in [-0.39, 0.29) is 17.4 Å². The summed E-state index contributed by atoms with van der Waals surface area (Å²) in [6.07, 6.45) is 0.648. The van der Waals surface area contributed by atoms with Crippen LogP contribution in [0.25, 0.3) is 0 Å². The quantitative estimate of drug-likeness (QED) is 0.712. The molecule has 1 saturated carbocycles. The van der Waals surface area contributed by atoms with Gasteiger partial charge < -0.3 is 15.4 Å². The molecule has 1 heterocycles. The Morgan fingerprint density at radius 1 is 1.14 bits per heavy atom. The van der Waals surface area contributed by atoms with E-state index in [1.54, 1.807) is 6.92 Å². The number of carbonyl (C=O) groups excluding carboxylic acids is 3. The Morgan fingerprint density at radius 2 is 1.79 bits per heavy atom. The lowest BCUT2D eigenvalue weighted by molar-refractivity contribution is -0.123. The lowest BCUT2D eigenvalue weighted by Gasteiger charge is -2.14. The molecule has 0 unspecified atom stereocenters. The molecule has 1 atom stereocenters. The van der Waals surface area contributed by atoms with Gasteiger partial charge >= 0.3 is 5.97 Å². The summed E-state index contributed by atoms with van der Waals surface area (Å²) in [5.41, 5.74) is 1.39. The molecule has 1 fully saturated rings. The summed E-state index contributed by atoms with van der Waals surface area (Å²) in [4.78, 5) is 37.9. The molecule has 2 N–H and O–H groups in total. The lowest BCUT2D eigenvalue weighted by atomic mass is 10.1. The number of carbonyl (C=O) groups is 3. The van der Waals surface area contributed by atoms with E-state index >= 15 is 0 Å². The summed E-state index contributed by atoms with van der Waals surface area (Å²) >= 11 is 1.31. The molecule has 1 aromatic heterocycles. The van der Waals surface area contributed by atoms with Crippen LogP contribution in [0.1, 0.15) is 40.6 Å². The van der Waals surface area contributed by atoms with E-state index in [0.29, 0.717) is 16.3 Å². The molecule has 0 radical (unpaired) electrons. The fourth-order valence-corrected chi connectivity index (χ4v) is 3.62. The largest absolute Gasteiger partial charge is 0.449 e. The highest BCUT2D eigenvalue weighted by atomic mass is 32.1. The number of thiophene rings is 1. The Morgan fingerprint density at radius 3 is 2.39 bits per heavy atom. The molecule has 6 nitrogen and oxygen atoms in total. The van der Waals surface area contributed by atoms with Crippen LogP contribution in [0, 0.1) is 25.6 Å². The fraction of sp³-hybridized carbons (Fsp3) is 0.350. The first-order chi connectivity index (χ1) is 13.3. The fourth-order valence-electron chi connectivity index (χ4n) is 2.57. The molecule has 1 aliphatic carbocycles. The van der Waals surface area contributed by atoms with E-state index in [1.165, 1.54) is 42.5 Å². The van der Waals surface area contributed by atoms with Crippen molar-refractivity contribution in [2.75, 3.05) is 10.6 Å². The Hall–Kier alpha value is -2.74. The molecule has 2 amide bonds. The van der Waals surface area contributed by atoms with Gasteiger partial charge in [0.2, 0.25) is 5.91 Å². The lowest BCUT2D eigenvalue weighted by Crippen LogP contribution is -2.30. The van der Waals surface area contributed by atoms with Gasteiger partial charge in [-0.05, 0) is 63.4 Å². The number of hydrogen-bond acceptors (Lipinski definition) is 5. The number of ether oxygens (including phenoxy) is 1. The summed E-state index contributed by atoms with van der Waals surface area (Å²) in [5, 5.41) is 5.82. The second kappa shape index (κ2) is 8.10. The smallest absolute Gasteiger partial charge is 0.342 e. The first kappa shape index (κ1) is 20.0. The number of amides is 2. The normalized spacial score (nSPS) is 14.3. The van der Waals surface area contributed by atoms with Crippen molar-refractivity contribution < 1.29 is 23.5 Å². The average Bonchev–Trinajstić information content (AvgIpc) is 3.44. The van der Waals surface area contributed by atoms with Crippen LogP contribution in [-0.2, 0) is 14.3 Å². The number of rotatable bonds is 6. The molecule has 0 spiro atoms. The average molecular weight is 404 g/mol. The minimum Gasteiger partial charge on any atom is -0.449 e. The van der Waals surface area contributed by atoms with Gasteiger partial charge in [0, 0.05) is 16.5 Å². The number of hydrogen-bond donors (Lipinski definition) is 2. The third kappa shape index (κ3) is 4.56. The van der Waals surface area contributed by atoms with Gasteiger partial charge in [-0.3, -0.25) is 9.59 Å². The van der Waals surface area contributed by atoms with Gasteiger partial charge in [-0.2, -0.15) is 0 Å². The van der Waals surface area contributed by atoms with Crippen LogP contribution < -0.4 is 10.6 Å². The highest BCUT2D eigenvalue weighted by Crippen LogP contribution is 2.36. The molecule has 148 valence electrons. The van der Waals surface area contributed by atoms with Crippen LogP contribution in [0.15, 0.2) is 24.3 Å². The Bertz CT molecular complexity index is 919. The molecular formula is C20H21FN2O4S. The van der Waals surface area contributed by atoms with Gasteiger partial charge in [0.05, 0.1) is 5.56 Å². The van der Waals surface area contributed by atoms with Crippen LogP contribution in [0.4, 0.5) is 15.1 Å². The predicted octanol–water partition coefficient (Wildman–Crippen LogP) is 4.04. The maximum Gasteiger partial charge on any atom is 0.342 e. The summed E-state index contributed by atoms with van der Waals surface area (Å²) in [6, 6.07) is 5.27. The maximum atomic E-state index is 13.0. The van der Waals surface area contributed by atoms with Crippen LogP contribution in [-0.4, -0.2) is 23.9 Å². The molecule has 2 aromatic rings. The van der Waals surface area contributed by atoms with Crippen LogP contribution in [0.5, 0.6) is 0 Å². The molecule has 0 saturated heterocycles. The Kier molecular flexibility index (Phi) is 5.79. The number of esters is 1. The molecule has 8 heteroatoms. The third-order valence-corrected chi connectivity index (χ3v) is 5.66. The molecule has 1 aromatic carbocycles. The van der Waals surface area contributed by atoms with Crippen LogP contribution >= 0.6 is 11.3 Å². The summed E-state index contributed by atoms with van der Waals surface area (Å²) in [6.45, 7) is 5.08. The van der Waals surface area contributed by atoms with Gasteiger partial charge in [-0.1, -0.05) is 0 Å². The zero-order valence-electron chi connectivity index (χ0n) is 15.8. The highest BCUT2D eigenvalue weighted by molar-refractivity contribution is 7.16. The zero-order valence-corrected chi connectivity index (χ0v) is 16.6. The topological polar surface area (TPSA) is 84.5 Å². The van der Waals surface area contributed by atoms with Crippen molar-refractivity contribution in [1.29, 1.82) is 0 Å². The second-order valence-electron chi connectivity index (χ2n) is 6.79. The van der Waals surface area contributed by atoms with Gasteiger partial charge in [0.25, 0.3) is 5.91 Å². The van der Waals surface area contributed by atoms with E-state index < -0.39 is 23.8 Å². The van der Waals surface area contributed by atoms with Crippen molar-refractivity contribution in [3.8, 4) is 0 Å². The van der Waals surface area contributed by atoms with Crippen molar-refractivity contribution in [3.63, 3.8) is 0 Å².